The molecule has 126 valence electrons. The molecule has 1 aromatic carbocycles. The Labute approximate surface area is 148 Å². The molecule has 7 heteroatoms. The van der Waals surface area contributed by atoms with Crippen LogP contribution in [-0.4, -0.2) is 21.1 Å². The lowest BCUT2D eigenvalue weighted by molar-refractivity contribution is 0.0938. The third-order valence-corrected chi connectivity index (χ3v) is 3.99. The summed E-state index contributed by atoms with van der Waals surface area (Å²) in [6.07, 6.45) is 3.23. The zero-order valence-corrected chi connectivity index (χ0v) is 14.1. The summed E-state index contributed by atoms with van der Waals surface area (Å²) in [7, 11) is 0. The molecule has 0 spiro atoms. The molecule has 1 atom stereocenters. The van der Waals surface area contributed by atoms with Crippen LogP contribution in [0.5, 0.6) is 0 Å². The van der Waals surface area contributed by atoms with Crippen molar-refractivity contribution in [2.24, 2.45) is 0 Å². The van der Waals surface area contributed by atoms with Gasteiger partial charge in [-0.15, -0.1) is 0 Å². The molecule has 1 amide bonds. The molecule has 0 bridgehead atoms. The molecular weight excluding hydrogens is 340 g/mol. The van der Waals surface area contributed by atoms with E-state index in [1.54, 1.807) is 36.7 Å². The van der Waals surface area contributed by atoms with Gasteiger partial charge in [-0.1, -0.05) is 23.7 Å². The van der Waals surface area contributed by atoms with Crippen LogP contribution in [0.3, 0.4) is 0 Å². The second-order valence-electron chi connectivity index (χ2n) is 5.48. The van der Waals surface area contributed by atoms with E-state index < -0.39 is 11.5 Å². The Morgan fingerprint density at radius 3 is 2.52 bits per heavy atom. The largest absolute Gasteiger partial charge is 0.345 e. The van der Waals surface area contributed by atoms with Crippen LogP contribution in [0.15, 0.2) is 59.7 Å². The Balaban J connectivity index is 1.84. The molecule has 1 unspecified atom stereocenters. The number of benzene rings is 1. The standard InChI is InChI=1S/C18H15ClN4O2/c1-11(12-2-4-14(19)5-3-12)21-17(24)15-10-16(22-23-18(15)25)13-6-8-20-9-7-13/h2-11H,1H3,(H,21,24)(H,23,25). The normalized spacial score (nSPS) is 11.8. The second kappa shape index (κ2) is 7.27. The van der Waals surface area contributed by atoms with Crippen molar-refractivity contribution in [3.05, 3.63) is 81.4 Å². The Bertz CT molecular complexity index is 939. The lowest BCUT2D eigenvalue weighted by Gasteiger charge is -2.14. The summed E-state index contributed by atoms with van der Waals surface area (Å²) in [4.78, 5) is 28.4. The van der Waals surface area contributed by atoms with Crippen molar-refractivity contribution in [3.63, 3.8) is 0 Å². The molecular formula is C18H15ClN4O2. The lowest BCUT2D eigenvalue weighted by Crippen LogP contribution is -2.32. The highest BCUT2D eigenvalue weighted by Crippen LogP contribution is 2.17. The minimum Gasteiger partial charge on any atom is -0.345 e. The molecule has 2 heterocycles. The minimum atomic E-state index is -0.543. The van der Waals surface area contributed by atoms with Gasteiger partial charge >= 0.3 is 0 Å². The Morgan fingerprint density at radius 2 is 1.84 bits per heavy atom. The molecule has 0 aliphatic heterocycles. The van der Waals surface area contributed by atoms with E-state index in [4.69, 9.17) is 11.6 Å². The van der Waals surface area contributed by atoms with Gasteiger partial charge in [0, 0.05) is 23.0 Å². The zero-order chi connectivity index (χ0) is 17.8. The number of hydrogen-bond donors (Lipinski definition) is 2. The van der Waals surface area contributed by atoms with E-state index in [1.165, 1.54) is 6.07 Å². The molecule has 3 aromatic rings. The number of amides is 1. The zero-order valence-electron chi connectivity index (χ0n) is 13.4. The van der Waals surface area contributed by atoms with Crippen molar-refractivity contribution in [3.8, 4) is 11.3 Å². The summed E-state index contributed by atoms with van der Waals surface area (Å²) >= 11 is 5.87. The number of hydrogen-bond acceptors (Lipinski definition) is 4. The number of carbonyl (C=O) groups excluding carboxylic acids is 1. The molecule has 2 aromatic heterocycles. The van der Waals surface area contributed by atoms with E-state index in [0.29, 0.717) is 10.7 Å². The summed E-state index contributed by atoms with van der Waals surface area (Å²) in [6.45, 7) is 1.83. The monoisotopic (exact) mass is 354 g/mol. The molecule has 0 aliphatic carbocycles. The van der Waals surface area contributed by atoms with Crippen molar-refractivity contribution in [1.82, 2.24) is 20.5 Å². The highest BCUT2D eigenvalue weighted by Gasteiger charge is 2.16. The number of nitrogens with zero attached hydrogens (tertiary/aromatic N) is 2. The predicted octanol–water partition coefficient (Wildman–Crippen LogP) is 2.98. The average Bonchev–Trinajstić information content (AvgIpc) is 2.63. The van der Waals surface area contributed by atoms with E-state index in [9.17, 15) is 9.59 Å². The number of halogens is 1. The number of carbonyl (C=O) groups is 1. The lowest BCUT2D eigenvalue weighted by atomic mass is 10.1. The maximum Gasteiger partial charge on any atom is 0.277 e. The molecule has 0 saturated heterocycles. The van der Waals surface area contributed by atoms with Gasteiger partial charge in [-0.3, -0.25) is 14.6 Å². The quantitative estimate of drug-likeness (QED) is 0.754. The second-order valence-corrected chi connectivity index (χ2v) is 5.92. The number of pyridine rings is 1. The highest BCUT2D eigenvalue weighted by atomic mass is 35.5. The van der Waals surface area contributed by atoms with Gasteiger partial charge in [-0.2, -0.15) is 5.10 Å². The first kappa shape index (κ1) is 16.9. The molecule has 0 saturated carbocycles. The van der Waals surface area contributed by atoms with E-state index in [2.05, 4.69) is 20.5 Å². The van der Waals surface area contributed by atoms with Crippen LogP contribution in [0.4, 0.5) is 0 Å². The number of aromatic amines is 1. The van der Waals surface area contributed by atoms with Gasteiger partial charge < -0.3 is 5.32 Å². The van der Waals surface area contributed by atoms with E-state index >= 15 is 0 Å². The third-order valence-electron chi connectivity index (χ3n) is 3.74. The minimum absolute atomic E-state index is 0.00243. The molecule has 6 nitrogen and oxygen atoms in total. The highest BCUT2D eigenvalue weighted by molar-refractivity contribution is 6.30. The topological polar surface area (TPSA) is 87.7 Å². The van der Waals surface area contributed by atoms with Crippen LogP contribution in [0.25, 0.3) is 11.3 Å². The summed E-state index contributed by atoms with van der Waals surface area (Å²) in [6, 6.07) is 11.8. The van der Waals surface area contributed by atoms with Crippen LogP contribution in [0.1, 0.15) is 28.9 Å². The van der Waals surface area contributed by atoms with Crippen LogP contribution in [0, 0.1) is 0 Å². The van der Waals surface area contributed by atoms with Gasteiger partial charge in [-0.05, 0) is 42.8 Å². The Kier molecular flexibility index (Phi) is 4.90. The number of rotatable bonds is 4. The molecule has 0 fully saturated rings. The maximum atomic E-state index is 12.5. The number of aromatic nitrogens is 3. The van der Waals surface area contributed by atoms with Crippen molar-refractivity contribution in [1.29, 1.82) is 0 Å². The summed E-state index contributed by atoms with van der Waals surface area (Å²) < 4.78 is 0. The maximum absolute atomic E-state index is 12.5. The van der Waals surface area contributed by atoms with E-state index in [-0.39, 0.29) is 11.6 Å². The third kappa shape index (κ3) is 3.92. The van der Waals surface area contributed by atoms with Gasteiger partial charge in [-0.25, -0.2) is 5.10 Å². The Hall–Kier alpha value is -2.99. The van der Waals surface area contributed by atoms with Gasteiger partial charge in [0.15, 0.2) is 0 Å². The van der Waals surface area contributed by atoms with Crippen LogP contribution >= 0.6 is 11.6 Å². The van der Waals surface area contributed by atoms with Gasteiger partial charge in [0.2, 0.25) is 0 Å². The van der Waals surface area contributed by atoms with Crippen molar-refractivity contribution in [2.45, 2.75) is 13.0 Å². The predicted molar refractivity (Wildman–Crippen MR) is 95.4 cm³/mol. The van der Waals surface area contributed by atoms with Gasteiger partial charge in [0.05, 0.1) is 11.7 Å². The van der Waals surface area contributed by atoms with Gasteiger partial charge in [0.25, 0.3) is 11.5 Å². The first-order valence-electron chi connectivity index (χ1n) is 7.61. The smallest absolute Gasteiger partial charge is 0.277 e. The molecule has 0 radical (unpaired) electrons. The summed E-state index contributed by atoms with van der Waals surface area (Å²) in [5.74, 6) is -0.471. The summed E-state index contributed by atoms with van der Waals surface area (Å²) in [5, 5.41) is 9.77. The SMILES string of the molecule is CC(NC(=O)c1cc(-c2ccncc2)n[nH]c1=O)c1ccc(Cl)cc1. The first-order chi connectivity index (χ1) is 12.0. The van der Waals surface area contributed by atoms with Crippen LogP contribution in [0.2, 0.25) is 5.02 Å². The van der Waals surface area contributed by atoms with Crippen LogP contribution < -0.4 is 10.9 Å². The molecule has 2 N–H and O–H groups in total. The van der Waals surface area contributed by atoms with E-state index in [0.717, 1.165) is 11.1 Å². The molecule has 3 rings (SSSR count). The fourth-order valence-electron chi connectivity index (χ4n) is 2.35. The number of nitrogens with one attached hydrogen (secondary N) is 2. The summed E-state index contributed by atoms with van der Waals surface area (Å²) in [5.41, 5.74) is 1.59. The van der Waals surface area contributed by atoms with Crippen molar-refractivity contribution < 1.29 is 4.79 Å². The fraction of sp³-hybridized carbons (Fsp3) is 0.111. The molecule has 0 aliphatic rings. The average molecular weight is 355 g/mol. The first-order valence-corrected chi connectivity index (χ1v) is 7.99. The Morgan fingerprint density at radius 1 is 1.16 bits per heavy atom. The van der Waals surface area contributed by atoms with E-state index in [1.807, 2.05) is 19.1 Å². The van der Waals surface area contributed by atoms with Gasteiger partial charge in [0.1, 0.15) is 5.56 Å². The number of H-pyrrole nitrogens is 1. The van der Waals surface area contributed by atoms with Crippen molar-refractivity contribution in [2.75, 3.05) is 0 Å². The molecule has 25 heavy (non-hydrogen) atoms. The van der Waals surface area contributed by atoms with Crippen molar-refractivity contribution >= 4 is 17.5 Å². The van der Waals surface area contributed by atoms with Crippen LogP contribution in [-0.2, 0) is 0 Å². The fourth-order valence-corrected chi connectivity index (χ4v) is 2.48.